The lowest BCUT2D eigenvalue weighted by Crippen LogP contribution is -2.36. The number of halogens is 1. The van der Waals surface area contributed by atoms with Gasteiger partial charge in [0.25, 0.3) is 0 Å². The zero-order valence-electron chi connectivity index (χ0n) is 14.6. The Hall–Kier alpha value is -2.73. The number of amides is 1. The molecule has 6 nitrogen and oxygen atoms in total. The first-order valence-corrected chi connectivity index (χ1v) is 8.25. The molecule has 0 spiro atoms. The molecule has 0 atom stereocenters. The Bertz CT molecular complexity index is 771. The molecule has 0 aliphatic heterocycles. The van der Waals surface area contributed by atoms with E-state index in [-0.39, 0.29) is 18.9 Å². The summed E-state index contributed by atoms with van der Waals surface area (Å²) in [5.41, 5.74) is 1.43. The summed E-state index contributed by atoms with van der Waals surface area (Å²) in [6.07, 6.45) is 0.0644. The second-order valence-electron chi connectivity index (χ2n) is 5.67. The van der Waals surface area contributed by atoms with Crippen molar-refractivity contribution in [2.45, 2.75) is 13.0 Å². The van der Waals surface area contributed by atoms with E-state index in [4.69, 9.17) is 26.2 Å². The summed E-state index contributed by atoms with van der Waals surface area (Å²) < 4.78 is 10.4. The number of carbonyl (C=O) groups excluding carboxylic acids is 1. The van der Waals surface area contributed by atoms with Crippen LogP contribution in [0.1, 0.15) is 11.1 Å². The van der Waals surface area contributed by atoms with E-state index < -0.39 is 12.5 Å². The molecule has 1 amide bonds. The lowest BCUT2D eigenvalue weighted by molar-refractivity contribution is -0.144. The maximum atomic E-state index is 12.6. The molecule has 26 heavy (non-hydrogen) atoms. The molecule has 0 aliphatic carbocycles. The number of carbonyl (C=O) groups is 2. The average Bonchev–Trinajstić information content (AvgIpc) is 2.60. The van der Waals surface area contributed by atoms with Crippen LogP contribution in [0.4, 0.5) is 0 Å². The Morgan fingerprint density at radius 3 is 2.23 bits per heavy atom. The van der Waals surface area contributed by atoms with Crippen LogP contribution in [-0.2, 0) is 22.6 Å². The van der Waals surface area contributed by atoms with Gasteiger partial charge in [-0.05, 0) is 35.4 Å². The molecule has 0 fully saturated rings. The van der Waals surface area contributed by atoms with Gasteiger partial charge in [-0.3, -0.25) is 9.59 Å². The number of benzene rings is 2. The summed E-state index contributed by atoms with van der Waals surface area (Å²) in [6.45, 7) is -0.280. The van der Waals surface area contributed by atoms with Gasteiger partial charge in [0.1, 0.15) is 18.0 Å². The van der Waals surface area contributed by atoms with E-state index in [2.05, 4.69) is 0 Å². The molecule has 138 valence electrons. The summed E-state index contributed by atoms with van der Waals surface area (Å²) in [6, 6.07) is 12.1. The number of nitrogens with zero attached hydrogens (tertiary/aromatic N) is 1. The number of aliphatic carboxylic acids is 1. The van der Waals surface area contributed by atoms with Gasteiger partial charge in [0, 0.05) is 17.6 Å². The smallest absolute Gasteiger partial charge is 0.323 e. The van der Waals surface area contributed by atoms with Crippen LogP contribution in [0, 0.1) is 0 Å². The van der Waals surface area contributed by atoms with Crippen LogP contribution in [0.3, 0.4) is 0 Å². The molecular formula is C19H20ClNO5. The predicted molar refractivity (Wildman–Crippen MR) is 97.8 cm³/mol. The minimum atomic E-state index is -1.08. The normalized spacial score (nSPS) is 10.3. The van der Waals surface area contributed by atoms with Gasteiger partial charge in [-0.2, -0.15) is 0 Å². The van der Waals surface area contributed by atoms with E-state index in [1.807, 2.05) is 0 Å². The molecule has 2 rings (SSSR count). The Morgan fingerprint density at radius 2 is 1.69 bits per heavy atom. The number of methoxy groups -OCH3 is 2. The average molecular weight is 378 g/mol. The third kappa shape index (κ3) is 5.67. The highest BCUT2D eigenvalue weighted by Crippen LogP contribution is 2.23. The molecule has 0 aliphatic rings. The van der Waals surface area contributed by atoms with Crippen LogP contribution in [-0.4, -0.2) is 42.6 Å². The minimum Gasteiger partial charge on any atom is -0.497 e. The van der Waals surface area contributed by atoms with Crippen LogP contribution in [0.5, 0.6) is 11.5 Å². The van der Waals surface area contributed by atoms with Crippen molar-refractivity contribution in [3.05, 3.63) is 58.6 Å². The van der Waals surface area contributed by atoms with Gasteiger partial charge in [0.2, 0.25) is 5.91 Å². The van der Waals surface area contributed by atoms with Crippen molar-refractivity contribution in [3.8, 4) is 11.5 Å². The van der Waals surface area contributed by atoms with Crippen molar-refractivity contribution in [1.82, 2.24) is 4.90 Å². The fraction of sp³-hybridized carbons (Fsp3) is 0.263. The number of rotatable bonds is 8. The molecule has 0 unspecified atom stereocenters. The number of carboxylic acids is 1. The summed E-state index contributed by atoms with van der Waals surface area (Å²) in [5.74, 6) is -0.260. The predicted octanol–water partition coefficient (Wildman–Crippen LogP) is 3.01. The SMILES string of the molecule is COc1cc(CN(CC(=O)O)C(=O)Cc2cccc(Cl)c2)cc(OC)c1. The highest BCUT2D eigenvalue weighted by atomic mass is 35.5. The van der Waals surface area contributed by atoms with E-state index >= 15 is 0 Å². The lowest BCUT2D eigenvalue weighted by Gasteiger charge is -2.21. The van der Waals surface area contributed by atoms with Crippen molar-refractivity contribution in [3.63, 3.8) is 0 Å². The Labute approximate surface area is 156 Å². The molecular weight excluding hydrogens is 358 g/mol. The van der Waals surface area contributed by atoms with E-state index in [0.29, 0.717) is 22.1 Å². The molecule has 0 bridgehead atoms. The fourth-order valence-corrected chi connectivity index (χ4v) is 2.72. The molecule has 0 aromatic heterocycles. The van der Waals surface area contributed by atoms with Gasteiger partial charge in [0.15, 0.2) is 0 Å². The summed E-state index contributed by atoms with van der Waals surface area (Å²) in [5, 5.41) is 9.68. The molecule has 0 saturated heterocycles. The molecule has 2 aromatic carbocycles. The van der Waals surface area contributed by atoms with Gasteiger partial charge in [-0.25, -0.2) is 0 Å². The number of ether oxygens (including phenoxy) is 2. The minimum absolute atomic E-state index is 0.0644. The van der Waals surface area contributed by atoms with Gasteiger partial charge >= 0.3 is 5.97 Å². The van der Waals surface area contributed by atoms with Crippen LogP contribution < -0.4 is 9.47 Å². The maximum Gasteiger partial charge on any atom is 0.323 e. The Morgan fingerprint density at radius 1 is 1.04 bits per heavy atom. The van der Waals surface area contributed by atoms with Crippen molar-refractivity contribution in [2.75, 3.05) is 20.8 Å². The molecule has 2 aromatic rings. The van der Waals surface area contributed by atoms with Gasteiger partial charge < -0.3 is 19.5 Å². The van der Waals surface area contributed by atoms with E-state index in [1.165, 1.54) is 19.1 Å². The van der Waals surface area contributed by atoms with Crippen molar-refractivity contribution in [2.24, 2.45) is 0 Å². The first-order chi connectivity index (χ1) is 12.4. The zero-order valence-corrected chi connectivity index (χ0v) is 15.3. The second-order valence-corrected chi connectivity index (χ2v) is 6.11. The van der Waals surface area contributed by atoms with Gasteiger partial charge in [-0.1, -0.05) is 23.7 Å². The van der Waals surface area contributed by atoms with Gasteiger partial charge in [-0.15, -0.1) is 0 Å². The van der Waals surface area contributed by atoms with E-state index in [9.17, 15) is 9.59 Å². The largest absolute Gasteiger partial charge is 0.497 e. The van der Waals surface area contributed by atoms with Crippen molar-refractivity contribution >= 4 is 23.5 Å². The van der Waals surface area contributed by atoms with Gasteiger partial charge in [0.05, 0.1) is 20.6 Å². The fourth-order valence-electron chi connectivity index (χ4n) is 2.51. The first-order valence-electron chi connectivity index (χ1n) is 7.87. The number of hydrogen-bond acceptors (Lipinski definition) is 4. The molecule has 7 heteroatoms. The molecule has 0 radical (unpaired) electrons. The highest BCUT2D eigenvalue weighted by Gasteiger charge is 2.18. The molecule has 1 N–H and O–H groups in total. The third-order valence-electron chi connectivity index (χ3n) is 3.71. The second kappa shape index (κ2) is 9.10. The first kappa shape index (κ1) is 19.6. The summed E-state index contributed by atoms with van der Waals surface area (Å²) >= 11 is 5.94. The third-order valence-corrected chi connectivity index (χ3v) is 3.94. The van der Waals surface area contributed by atoms with Crippen LogP contribution in [0.25, 0.3) is 0 Å². The lowest BCUT2D eigenvalue weighted by atomic mass is 10.1. The summed E-state index contributed by atoms with van der Waals surface area (Å²) in [7, 11) is 3.05. The highest BCUT2D eigenvalue weighted by molar-refractivity contribution is 6.30. The quantitative estimate of drug-likeness (QED) is 0.765. The standard InChI is InChI=1S/C19H20ClNO5/c1-25-16-7-14(8-17(10-16)26-2)11-21(12-19(23)24)18(22)9-13-4-3-5-15(20)6-13/h3-8,10H,9,11-12H2,1-2H3,(H,23,24). The number of carboxylic acid groups (broad SMARTS) is 1. The summed E-state index contributed by atoms with van der Waals surface area (Å²) in [4.78, 5) is 25.1. The number of hydrogen-bond donors (Lipinski definition) is 1. The van der Waals surface area contributed by atoms with Crippen LogP contribution in [0.2, 0.25) is 5.02 Å². The monoisotopic (exact) mass is 377 g/mol. The van der Waals surface area contributed by atoms with E-state index in [1.54, 1.807) is 42.5 Å². The van der Waals surface area contributed by atoms with E-state index in [0.717, 1.165) is 5.56 Å². The molecule has 0 saturated carbocycles. The van der Waals surface area contributed by atoms with Crippen LogP contribution in [0.15, 0.2) is 42.5 Å². The van der Waals surface area contributed by atoms with Crippen LogP contribution >= 0.6 is 11.6 Å². The Kier molecular flexibility index (Phi) is 6.86. The van der Waals surface area contributed by atoms with Crippen molar-refractivity contribution < 1.29 is 24.2 Å². The topological polar surface area (TPSA) is 76.1 Å². The van der Waals surface area contributed by atoms with Crippen molar-refractivity contribution in [1.29, 1.82) is 0 Å². The zero-order chi connectivity index (χ0) is 19.1. The molecule has 0 heterocycles. The maximum absolute atomic E-state index is 12.6. The Balaban J connectivity index is 2.21.